The smallest absolute Gasteiger partial charge is 0.223 e. The van der Waals surface area contributed by atoms with Crippen LogP contribution >= 0.6 is 11.3 Å². The van der Waals surface area contributed by atoms with Crippen molar-refractivity contribution in [1.29, 1.82) is 0 Å². The summed E-state index contributed by atoms with van der Waals surface area (Å²) in [6, 6.07) is 6.10. The van der Waals surface area contributed by atoms with E-state index in [0.29, 0.717) is 5.95 Å². The highest BCUT2D eigenvalue weighted by molar-refractivity contribution is 7.09. The van der Waals surface area contributed by atoms with Crippen molar-refractivity contribution in [2.45, 2.75) is 19.9 Å². The second-order valence-electron chi connectivity index (χ2n) is 4.33. The van der Waals surface area contributed by atoms with Crippen molar-refractivity contribution in [3.05, 3.63) is 28.5 Å². The number of aromatic nitrogens is 2. The molecule has 0 atom stereocenters. The Balaban J connectivity index is 2.11. The number of nitrogens with two attached hydrogens (primary N) is 1. The number of nitrogen functional groups attached to an aromatic ring is 1. The topological polar surface area (TPSA) is 67.1 Å². The third-order valence-corrected chi connectivity index (χ3v) is 3.51. The summed E-state index contributed by atoms with van der Waals surface area (Å²) in [4.78, 5) is 11.8. The molecule has 0 spiro atoms. The van der Waals surface area contributed by atoms with E-state index in [4.69, 9.17) is 5.73 Å². The molecule has 2 aromatic heterocycles. The van der Waals surface area contributed by atoms with E-state index in [1.54, 1.807) is 11.3 Å². The summed E-state index contributed by atoms with van der Waals surface area (Å²) in [5, 5.41) is 5.31. The van der Waals surface area contributed by atoms with Crippen LogP contribution in [-0.4, -0.2) is 23.6 Å². The fourth-order valence-corrected chi connectivity index (χ4v) is 2.47. The second kappa shape index (κ2) is 6.38. The lowest BCUT2D eigenvalue weighted by molar-refractivity contribution is 0.903. The summed E-state index contributed by atoms with van der Waals surface area (Å²) in [6.45, 7) is 3.81. The van der Waals surface area contributed by atoms with E-state index in [1.165, 1.54) is 4.88 Å². The first kappa shape index (κ1) is 13.6. The Kier molecular flexibility index (Phi) is 4.57. The third-order valence-electron chi connectivity index (χ3n) is 2.65. The molecule has 0 aliphatic carbocycles. The summed E-state index contributed by atoms with van der Waals surface area (Å²) >= 11 is 1.74. The van der Waals surface area contributed by atoms with E-state index in [9.17, 15) is 0 Å². The van der Waals surface area contributed by atoms with Crippen LogP contribution < -0.4 is 16.0 Å². The Hall–Kier alpha value is -1.82. The van der Waals surface area contributed by atoms with E-state index in [-0.39, 0.29) is 0 Å². The first-order valence-electron chi connectivity index (χ1n) is 6.31. The molecule has 0 fully saturated rings. The Labute approximate surface area is 117 Å². The fourth-order valence-electron chi connectivity index (χ4n) is 1.71. The highest BCUT2D eigenvalue weighted by Gasteiger charge is 2.08. The third kappa shape index (κ3) is 3.82. The number of thiophene rings is 1. The van der Waals surface area contributed by atoms with Crippen LogP contribution in [0.15, 0.2) is 23.6 Å². The Bertz CT molecular complexity index is 512. The lowest BCUT2D eigenvalue weighted by Crippen LogP contribution is -2.18. The molecule has 0 saturated carbocycles. The zero-order valence-corrected chi connectivity index (χ0v) is 12.1. The minimum atomic E-state index is 0.300. The van der Waals surface area contributed by atoms with Crippen LogP contribution in [0.1, 0.15) is 18.2 Å². The molecule has 2 aromatic rings. The molecule has 2 heterocycles. The second-order valence-corrected chi connectivity index (χ2v) is 5.36. The van der Waals surface area contributed by atoms with Crippen molar-refractivity contribution in [3.8, 4) is 0 Å². The molecule has 0 radical (unpaired) electrons. The Morgan fingerprint density at radius 3 is 2.95 bits per heavy atom. The van der Waals surface area contributed by atoms with Crippen LogP contribution in [0, 0.1) is 0 Å². The quantitative estimate of drug-likeness (QED) is 0.849. The van der Waals surface area contributed by atoms with Gasteiger partial charge in [-0.1, -0.05) is 13.0 Å². The summed E-state index contributed by atoms with van der Waals surface area (Å²) < 4.78 is 0. The summed E-state index contributed by atoms with van der Waals surface area (Å²) in [5.41, 5.74) is 5.76. The first-order chi connectivity index (χ1) is 9.19. The van der Waals surface area contributed by atoms with Gasteiger partial charge in [-0.25, -0.2) is 0 Å². The van der Waals surface area contributed by atoms with Gasteiger partial charge in [0.15, 0.2) is 0 Å². The maximum Gasteiger partial charge on any atom is 0.223 e. The summed E-state index contributed by atoms with van der Waals surface area (Å²) in [5.74, 6) is 1.91. The zero-order valence-electron chi connectivity index (χ0n) is 11.3. The highest BCUT2D eigenvalue weighted by Crippen LogP contribution is 2.19. The SMILES string of the molecule is CCCNc1cc(N(C)Cc2cccs2)nc(N)n1. The van der Waals surface area contributed by atoms with Crippen LogP contribution in [0.5, 0.6) is 0 Å². The van der Waals surface area contributed by atoms with Crippen molar-refractivity contribution >= 4 is 28.9 Å². The molecule has 0 amide bonds. The number of hydrogen-bond donors (Lipinski definition) is 2. The molecule has 102 valence electrons. The Morgan fingerprint density at radius 2 is 2.26 bits per heavy atom. The summed E-state index contributed by atoms with van der Waals surface area (Å²) in [6.07, 6.45) is 1.05. The zero-order chi connectivity index (χ0) is 13.7. The molecule has 0 saturated heterocycles. The predicted octanol–water partition coefficient (Wildman–Crippen LogP) is 2.58. The van der Waals surface area contributed by atoms with E-state index < -0.39 is 0 Å². The fraction of sp³-hybridized carbons (Fsp3) is 0.385. The molecule has 5 nitrogen and oxygen atoms in total. The maximum atomic E-state index is 5.76. The molecule has 0 bridgehead atoms. The van der Waals surface area contributed by atoms with E-state index in [1.807, 2.05) is 13.1 Å². The summed E-state index contributed by atoms with van der Waals surface area (Å²) in [7, 11) is 2.01. The van der Waals surface area contributed by atoms with Gasteiger partial charge in [0.25, 0.3) is 0 Å². The van der Waals surface area contributed by atoms with E-state index >= 15 is 0 Å². The van der Waals surface area contributed by atoms with Gasteiger partial charge in [-0.2, -0.15) is 9.97 Å². The number of nitrogens with zero attached hydrogens (tertiary/aromatic N) is 3. The van der Waals surface area contributed by atoms with Crippen LogP contribution in [0.2, 0.25) is 0 Å². The van der Waals surface area contributed by atoms with Gasteiger partial charge in [-0.15, -0.1) is 11.3 Å². The van der Waals surface area contributed by atoms with Crippen molar-refractivity contribution in [1.82, 2.24) is 9.97 Å². The highest BCUT2D eigenvalue weighted by atomic mass is 32.1. The molecule has 3 N–H and O–H groups in total. The van der Waals surface area contributed by atoms with Gasteiger partial charge >= 0.3 is 0 Å². The van der Waals surface area contributed by atoms with Crippen LogP contribution in [0.3, 0.4) is 0 Å². The van der Waals surface area contributed by atoms with Crippen molar-refractivity contribution in [2.24, 2.45) is 0 Å². The number of rotatable bonds is 6. The lowest BCUT2D eigenvalue weighted by atomic mass is 10.4. The number of anilines is 3. The van der Waals surface area contributed by atoms with Gasteiger partial charge in [-0.3, -0.25) is 0 Å². The molecule has 6 heteroatoms. The Morgan fingerprint density at radius 1 is 1.42 bits per heavy atom. The molecule has 2 rings (SSSR count). The number of hydrogen-bond acceptors (Lipinski definition) is 6. The van der Waals surface area contributed by atoms with Gasteiger partial charge in [0.05, 0.1) is 6.54 Å². The molecule has 0 unspecified atom stereocenters. The van der Waals surface area contributed by atoms with E-state index in [2.05, 4.69) is 44.6 Å². The standard InChI is InChI=1S/C13H19N5S/c1-3-6-15-11-8-12(17-13(14)16-11)18(2)9-10-5-4-7-19-10/h4-5,7-8H,3,6,9H2,1-2H3,(H3,14,15,16,17). The van der Waals surface area contributed by atoms with Gasteiger partial charge in [0.2, 0.25) is 5.95 Å². The normalized spacial score (nSPS) is 10.4. The lowest BCUT2D eigenvalue weighted by Gasteiger charge is -2.18. The average molecular weight is 277 g/mol. The van der Waals surface area contributed by atoms with Crippen molar-refractivity contribution in [3.63, 3.8) is 0 Å². The van der Waals surface area contributed by atoms with Gasteiger partial charge < -0.3 is 16.0 Å². The molecule has 0 aromatic carbocycles. The van der Waals surface area contributed by atoms with Gasteiger partial charge in [0.1, 0.15) is 11.6 Å². The maximum absolute atomic E-state index is 5.76. The van der Waals surface area contributed by atoms with E-state index in [0.717, 1.165) is 31.1 Å². The van der Waals surface area contributed by atoms with Crippen LogP contribution in [0.25, 0.3) is 0 Å². The molecule has 0 aliphatic heterocycles. The van der Waals surface area contributed by atoms with Gasteiger partial charge in [-0.05, 0) is 17.9 Å². The predicted molar refractivity (Wildman–Crippen MR) is 81.7 cm³/mol. The average Bonchev–Trinajstić information content (AvgIpc) is 2.88. The monoisotopic (exact) mass is 277 g/mol. The van der Waals surface area contributed by atoms with Crippen LogP contribution in [0.4, 0.5) is 17.6 Å². The van der Waals surface area contributed by atoms with Gasteiger partial charge in [0, 0.05) is 24.5 Å². The molecule has 19 heavy (non-hydrogen) atoms. The first-order valence-corrected chi connectivity index (χ1v) is 7.19. The molecule has 0 aliphatic rings. The molecular weight excluding hydrogens is 258 g/mol. The number of nitrogens with one attached hydrogen (secondary N) is 1. The minimum absolute atomic E-state index is 0.300. The molecular formula is C13H19N5S. The minimum Gasteiger partial charge on any atom is -0.370 e. The van der Waals surface area contributed by atoms with Crippen molar-refractivity contribution in [2.75, 3.05) is 29.5 Å². The van der Waals surface area contributed by atoms with Crippen molar-refractivity contribution < 1.29 is 0 Å². The van der Waals surface area contributed by atoms with Crippen LogP contribution in [-0.2, 0) is 6.54 Å². The largest absolute Gasteiger partial charge is 0.370 e.